The van der Waals surface area contributed by atoms with E-state index in [0.717, 1.165) is 57.1 Å². The molecule has 2 aromatic rings. The second-order valence-corrected chi connectivity index (χ2v) is 10.3. The molecule has 1 aliphatic heterocycles. The van der Waals surface area contributed by atoms with Crippen molar-refractivity contribution in [1.82, 2.24) is 9.80 Å². The van der Waals surface area contributed by atoms with E-state index in [9.17, 15) is 4.79 Å². The van der Waals surface area contributed by atoms with Crippen LogP contribution in [0.4, 0.5) is 0 Å². The summed E-state index contributed by atoms with van der Waals surface area (Å²) in [6.45, 7) is 16.3. The molecule has 0 unspecified atom stereocenters. The lowest BCUT2D eigenvalue weighted by molar-refractivity contribution is 0.0354. The Morgan fingerprint density at radius 3 is 2.52 bits per heavy atom. The molecule has 0 atom stereocenters. The Kier molecular flexibility index (Phi) is 7.19. The minimum absolute atomic E-state index is 0.00831. The Labute approximate surface area is 178 Å². The molecule has 3 heterocycles. The number of ether oxygens (including phenoxy) is 1. The van der Waals surface area contributed by atoms with Crippen molar-refractivity contribution >= 4 is 17.2 Å². The van der Waals surface area contributed by atoms with E-state index < -0.39 is 0 Å². The lowest BCUT2D eigenvalue weighted by atomic mass is 9.93. The van der Waals surface area contributed by atoms with Gasteiger partial charge in [-0.05, 0) is 38.5 Å². The molecule has 0 N–H and O–H groups in total. The molecule has 160 valence electrons. The number of morpholine rings is 1. The highest BCUT2D eigenvalue weighted by Crippen LogP contribution is 2.28. The van der Waals surface area contributed by atoms with Gasteiger partial charge in [0.25, 0.3) is 5.91 Å². The van der Waals surface area contributed by atoms with Crippen LogP contribution in [0, 0.1) is 13.8 Å². The van der Waals surface area contributed by atoms with Crippen molar-refractivity contribution in [2.75, 3.05) is 39.4 Å². The average Bonchev–Trinajstić information content (AvgIpc) is 3.26. The van der Waals surface area contributed by atoms with Gasteiger partial charge in [0.2, 0.25) is 0 Å². The Morgan fingerprint density at radius 2 is 1.93 bits per heavy atom. The minimum atomic E-state index is -0.116. The number of aryl methyl sites for hydroxylation is 2. The molecular weight excluding hydrogens is 384 g/mol. The first-order chi connectivity index (χ1) is 13.7. The first-order valence-corrected chi connectivity index (χ1v) is 11.3. The van der Waals surface area contributed by atoms with Crippen molar-refractivity contribution in [3.8, 4) is 0 Å². The number of nitrogens with zero attached hydrogens (tertiary/aromatic N) is 2. The first kappa shape index (κ1) is 22.1. The summed E-state index contributed by atoms with van der Waals surface area (Å²) >= 11 is 1.75. The Morgan fingerprint density at radius 1 is 1.21 bits per heavy atom. The summed E-state index contributed by atoms with van der Waals surface area (Å²) in [6.07, 6.45) is 0.946. The van der Waals surface area contributed by atoms with Gasteiger partial charge >= 0.3 is 0 Å². The van der Waals surface area contributed by atoms with Crippen molar-refractivity contribution in [3.05, 3.63) is 45.0 Å². The van der Waals surface area contributed by atoms with Crippen LogP contribution in [0.3, 0.4) is 0 Å². The average molecular weight is 419 g/mol. The summed E-state index contributed by atoms with van der Waals surface area (Å²) in [5, 5.41) is 0. The molecule has 0 bridgehead atoms. The molecule has 1 fully saturated rings. The van der Waals surface area contributed by atoms with Gasteiger partial charge in [0.15, 0.2) is 5.76 Å². The Hall–Kier alpha value is -1.63. The third-order valence-corrected chi connectivity index (χ3v) is 6.27. The number of hydrogen-bond acceptors (Lipinski definition) is 5. The second-order valence-electron chi connectivity index (χ2n) is 8.92. The maximum atomic E-state index is 13.4. The third-order valence-electron chi connectivity index (χ3n) is 5.29. The van der Waals surface area contributed by atoms with Gasteiger partial charge in [-0.3, -0.25) is 9.69 Å². The van der Waals surface area contributed by atoms with Crippen molar-refractivity contribution in [3.63, 3.8) is 0 Å². The van der Waals surface area contributed by atoms with Crippen LogP contribution in [-0.4, -0.2) is 55.1 Å². The van der Waals surface area contributed by atoms with Crippen molar-refractivity contribution in [1.29, 1.82) is 0 Å². The fourth-order valence-corrected chi connectivity index (χ4v) is 4.43. The van der Waals surface area contributed by atoms with Gasteiger partial charge < -0.3 is 14.1 Å². The Bertz CT molecular complexity index is 812. The highest BCUT2D eigenvalue weighted by atomic mass is 32.1. The van der Waals surface area contributed by atoms with Gasteiger partial charge in [-0.25, -0.2) is 0 Å². The zero-order valence-corrected chi connectivity index (χ0v) is 19.2. The maximum Gasteiger partial charge on any atom is 0.290 e. The second kappa shape index (κ2) is 9.45. The number of carbonyl (C=O) groups excluding carboxylic acids is 1. The van der Waals surface area contributed by atoms with E-state index in [1.807, 2.05) is 17.9 Å². The SMILES string of the molecule is Cc1ccc(CN(CCCN2CCOCC2)C(=O)c2oc(C(C)(C)C)cc2C)s1. The molecule has 5 nitrogen and oxygen atoms in total. The molecule has 0 aromatic carbocycles. The molecule has 2 aromatic heterocycles. The van der Waals surface area contributed by atoms with Crippen LogP contribution >= 0.6 is 11.3 Å². The molecule has 0 aliphatic carbocycles. The maximum absolute atomic E-state index is 13.4. The molecule has 1 amide bonds. The zero-order valence-electron chi connectivity index (χ0n) is 18.4. The van der Waals surface area contributed by atoms with Crippen LogP contribution in [0.5, 0.6) is 0 Å². The smallest absolute Gasteiger partial charge is 0.290 e. The largest absolute Gasteiger partial charge is 0.455 e. The topological polar surface area (TPSA) is 45.9 Å². The molecule has 0 spiro atoms. The predicted octanol–water partition coefficient (Wildman–Crippen LogP) is 4.62. The van der Waals surface area contributed by atoms with Crippen LogP contribution in [0.1, 0.15) is 58.8 Å². The van der Waals surface area contributed by atoms with Crippen molar-refractivity contribution < 1.29 is 13.9 Å². The Balaban J connectivity index is 1.72. The van der Waals surface area contributed by atoms with Crippen LogP contribution in [0.2, 0.25) is 0 Å². The van der Waals surface area contributed by atoms with Gasteiger partial charge in [-0.1, -0.05) is 20.8 Å². The van der Waals surface area contributed by atoms with Crippen LogP contribution < -0.4 is 0 Å². The summed E-state index contributed by atoms with van der Waals surface area (Å²) in [5.74, 6) is 1.33. The van der Waals surface area contributed by atoms with E-state index in [4.69, 9.17) is 9.15 Å². The summed E-state index contributed by atoms with van der Waals surface area (Å²) in [7, 11) is 0. The standard InChI is InChI=1S/C23H34N2O3S/c1-17-15-20(23(3,4)5)28-21(17)22(26)25(16-19-8-7-18(2)29-19)10-6-9-24-11-13-27-14-12-24/h7-8,15H,6,9-14,16H2,1-5H3. The minimum Gasteiger partial charge on any atom is -0.455 e. The van der Waals surface area contributed by atoms with Crippen LogP contribution in [-0.2, 0) is 16.7 Å². The summed E-state index contributed by atoms with van der Waals surface area (Å²) in [4.78, 5) is 20.2. The van der Waals surface area contributed by atoms with E-state index in [0.29, 0.717) is 12.3 Å². The number of furan rings is 1. The number of amides is 1. The molecule has 0 radical (unpaired) electrons. The lowest BCUT2D eigenvalue weighted by Crippen LogP contribution is -2.39. The molecule has 29 heavy (non-hydrogen) atoms. The molecule has 3 rings (SSSR count). The van der Waals surface area contributed by atoms with Crippen molar-refractivity contribution in [2.45, 2.75) is 53.0 Å². The molecule has 1 saturated heterocycles. The summed E-state index contributed by atoms with van der Waals surface area (Å²) in [6, 6.07) is 6.25. The summed E-state index contributed by atoms with van der Waals surface area (Å²) < 4.78 is 11.5. The van der Waals surface area contributed by atoms with E-state index in [-0.39, 0.29) is 11.3 Å². The monoisotopic (exact) mass is 418 g/mol. The fraction of sp³-hybridized carbons (Fsp3) is 0.609. The summed E-state index contributed by atoms with van der Waals surface area (Å²) in [5.41, 5.74) is 0.801. The lowest BCUT2D eigenvalue weighted by Gasteiger charge is -2.28. The fourth-order valence-electron chi connectivity index (χ4n) is 3.53. The highest BCUT2D eigenvalue weighted by Gasteiger charge is 2.26. The third kappa shape index (κ3) is 5.93. The van der Waals surface area contributed by atoms with E-state index in [2.05, 4.69) is 44.7 Å². The van der Waals surface area contributed by atoms with Gasteiger partial charge in [0, 0.05) is 46.9 Å². The molecule has 0 saturated carbocycles. The number of hydrogen-bond donors (Lipinski definition) is 0. The predicted molar refractivity (Wildman–Crippen MR) is 118 cm³/mol. The van der Waals surface area contributed by atoms with Crippen molar-refractivity contribution in [2.24, 2.45) is 0 Å². The van der Waals surface area contributed by atoms with Crippen LogP contribution in [0.15, 0.2) is 22.6 Å². The first-order valence-electron chi connectivity index (χ1n) is 10.5. The molecular formula is C23H34N2O3S. The number of thiophene rings is 1. The van der Waals surface area contributed by atoms with Gasteiger partial charge in [0.05, 0.1) is 19.8 Å². The quantitative estimate of drug-likeness (QED) is 0.658. The van der Waals surface area contributed by atoms with E-state index in [1.54, 1.807) is 11.3 Å². The van der Waals surface area contributed by atoms with Gasteiger partial charge in [-0.2, -0.15) is 0 Å². The number of rotatable bonds is 7. The zero-order chi connectivity index (χ0) is 21.0. The van der Waals surface area contributed by atoms with E-state index >= 15 is 0 Å². The van der Waals surface area contributed by atoms with Gasteiger partial charge in [-0.15, -0.1) is 11.3 Å². The van der Waals surface area contributed by atoms with Gasteiger partial charge in [0.1, 0.15) is 5.76 Å². The molecule has 1 aliphatic rings. The molecule has 6 heteroatoms. The van der Waals surface area contributed by atoms with E-state index in [1.165, 1.54) is 9.75 Å². The normalized spacial score (nSPS) is 15.6. The highest BCUT2D eigenvalue weighted by molar-refractivity contribution is 7.11. The number of carbonyl (C=O) groups is 1. The van der Waals surface area contributed by atoms with Crippen LogP contribution in [0.25, 0.3) is 0 Å².